The second-order valence-corrected chi connectivity index (χ2v) is 5.10. The second-order valence-electron chi connectivity index (χ2n) is 4.46. The number of benzene rings is 1. The summed E-state index contributed by atoms with van der Waals surface area (Å²) in [6.07, 6.45) is 0. The van der Waals surface area contributed by atoms with Crippen molar-refractivity contribution in [2.45, 2.75) is 13.8 Å². The van der Waals surface area contributed by atoms with Crippen molar-refractivity contribution in [1.29, 1.82) is 0 Å². The maximum absolute atomic E-state index is 11.6. The number of rotatable bonds is 6. The van der Waals surface area contributed by atoms with E-state index >= 15 is 0 Å². The van der Waals surface area contributed by atoms with Gasteiger partial charge in [0.25, 0.3) is 0 Å². The van der Waals surface area contributed by atoms with Crippen molar-refractivity contribution in [3.63, 3.8) is 0 Å². The molecule has 0 saturated carbocycles. The van der Waals surface area contributed by atoms with Crippen molar-refractivity contribution in [3.05, 3.63) is 29.8 Å². The van der Waals surface area contributed by atoms with E-state index in [0.29, 0.717) is 29.8 Å². The number of hydrogen-bond acceptors (Lipinski definition) is 3. The van der Waals surface area contributed by atoms with E-state index in [2.05, 4.69) is 29.8 Å². The molecule has 1 aromatic rings. The third-order valence-corrected chi connectivity index (χ3v) is 3.72. The van der Waals surface area contributed by atoms with E-state index in [-0.39, 0.29) is 5.97 Å². The Balaban J connectivity index is 2.75. The largest absolute Gasteiger partial charge is 0.492 e. The molecule has 1 rings (SSSR count). The van der Waals surface area contributed by atoms with Crippen molar-refractivity contribution in [3.8, 4) is 5.75 Å². The summed E-state index contributed by atoms with van der Waals surface area (Å²) in [5.41, 5.74) is 0.470. The van der Waals surface area contributed by atoms with Gasteiger partial charge in [0.05, 0.1) is 13.7 Å². The minimum atomic E-state index is -0.370. The van der Waals surface area contributed by atoms with E-state index in [9.17, 15) is 4.79 Å². The van der Waals surface area contributed by atoms with Gasteiger partial charge in [-0.15, -0.1) is 0 Å². The number of alkyl halides is 1. The van der Waals surface area contributed by atoms with E-state index in [1.165, 1.54) is 7.11 Å². The van der Waals surface area contributed by atoms with Crippen molar-refractivity contribution in [2.75, 3.05) is 19.0 Å². The van der Waals surface area contributed by atoms with Crippen LogP contribution in [0.4, 0.5) is 0 Å². The van der Waals surface area contributed by atoms with Gasteiger partial charge in [-0.3, -0.25) is 0 Å². The summed E-state index contributed by atoms with van der Waals surface area (Å²) in [5, 5.41) is 0.880. The summed E-state index contributed by atoms with van der Waals surface area (Å²) in [6.45, 7) is 4.89. The van der Waals surface area contributed by atoms with Crippen molar-refractivity contribution in [2.24, 2.45) is 11.8 Å². The van der Waals surface area contributed by atoms with Gasteiger partial charge in [0.2, 0.25) is 0 Å². The molecule has 0 heterocycles. The number of hydrogen-bond donors (Lipinski definition) is 0. The Bertz CT molecular complexity index is 390. The molecule has 18 heavy (non-hydrogen) atoms. The summed E-state index contributed by atoms with van der Waals surface area (Å²) < 4.78 is 10.5. The smallest absolute Gasteiger partial charge is 0.341 e. The fourth-order valence-corrected chi connectivity index (χ4v) is 2.42. The van der Waals surface area contributed by atoms with Crippen LogP contribution in [-0.2, 0) is 4.74 Å². The van der Waals surface area contributed by atoms with Crippen LogP contribution in [0.5, 0.6) is 5.75 Å². The summed E-state index contributed by atoms with van der Waals surface area (Å²) in [4.78, 5) is 11.6. The fourth-order valence-electron chi connectivity index (χ4n) is 1.48. The Hall–Kier alpha value is -1.03. The van der Waals surface area contributed by atoms with Crippen LogP contribution < -0.4 is 4.74 Å². The standard InChI is InChI=1S/C14H19BrO3/c1-10(2)11(8-15)9-18-13-7-5-4-6-12(13)14(16)17-3/h4-7,10-11H,8-9H2,1-3H3. The Labute approximate surface area is 117 Å². The van der Waals surface area contributed by atoms with Gasteiger partial charge in [0.15, 0.2) is 0 Å². The van der Waals surface area contributed by atoms with Crippen LogP contribution >= 0.6 is 15.9 Å². The molecular weight excluding hydrogens is 296 g/mol. The molecule has 100 valence electrons. The van der Waals surface area contributed by atoms with Gasteiger partial charge in [-0.2, -0.15) is 0 Å². The van der Waals surface area contributed by atoms with Gasteiger partial charge < -0.3 is 9.47 Å². The molecular formula is C14H19BrO3. The molecule has 0 amide bonds. The predicted molar refractivity (Wildman–Crippen MR) is 75.4 cm³/mol. The van der Waals surface area contributed by atoms with Gasteiger partial charge in [0, 0.05) is 11.2 Å². The second kappa shape index (κ2) is 7.41. The van der Waals surface area contributed by atoms with E-state index in [1.807, 2.05) is 6.07 Å². The Kier molecular flexibility index (Phi) is 6.19. The highest BCUT2D eigenvalue weighted by Crippen LogP contribution is 2.21. The molecule has 0 saturated heterocycles. The molecule has 0 bridgehead atoms. The van der Waals surface area contributed by atoms with E-state index < -0.39 is 0 Å². The van der Waals surface area contributed by atoms with E-state index in [1.54, 1.807) is 18.2 Å². The first kappa shape index (κ1) is 15.0. The van der Waals surface area contributed by atoms with Crippen LogP contribution in [0, 0.1) is 11.8 Å². The van der Waals surface area contributed by atoms with Gasteiger partial charge in [-0.25, -0.2) is 4.79 Å². The molecule has 0 spiro atoms. The first-order valence-electron chi connectivity index (χ1n) is 5.96. The molecule has 0 aliphatic rings. The molecule has 0 fully saturated rings. The fraction of sp³-hybridized carbons (Fsp3) is 0.500. The predicted octanol–water partition coefficient (Wildman–Crippen LogP) is 3.52. The zero-order chi connectivity index (χ0) is 13.5. The number of carbonyl (C=O) groups excluding carboxylic acids is 1. The van der Waals surface area contributed by atoms with E-state index in [0.717, 1.165) is 5.33 Å². The quantitative estimate of drug-likeness (QED) is 0.595. The zero-order valence-electron chi connectivity index (χ0n) is 11.0. The molecule has 0 N–H and O–H groups in total. The molecule has 0 aliphatic carbocycles. The Morgan fingerprint density at radius 3 is 2.56 bits per heavy atom. The summed E-state index contributed by atoms with van der Waals surface area (Å²) >= 11 is 3.48. The third-order valence-electron chi connectivity index (χ3n) is 2.89. The van der Waals surface area contributed by atoms with Gasteiger partial charge >= 0.3 is 5.97 Å². The zero-order valence-corrected chi connectivity index (χ0v) is 12.6. The SMILES string of the molecule is COC(=O)c1ccccc1OCC(CBr)C(C)C. The van der Waals surface area contributed by atoms with Crippen LogP contribution in [0.1, 0.15) is 24.2 Å². The number of halogens is 1. The summed E-state index contributed by atoms with van der Waals surface area (Å²) in [7, 11) is 1.37. The first-order valence-corrected chi connectivity index (χ1v) is 7.08. The highest BCUT2D eigenvalue weighted by atomic mass is 79.9. The summed E-state index contributed by atoms with van der Waals surface area (Å²) in [6, 6.07) is 7.14. The van der Waals surface area contributed by atoms with Gasteiger partial charge in [-0.1, -0.05) is 41.9 Å². The average Bonchev–Trinajstić information content (AvgIpc) is 2.38. The minimum Gasteiger partial charge on any atom is -0.492 e. The van der Waals surface area contributed by atoms with Crippen LogP contribution in [0.3, 0.4) is 0 Å². The van der Waals surface area contributed by atoms with Crippen molar-refractivity contribution < 1.29 is 14.3 Å². The van der Waals surface area contributed by atoms with Crippen LogP contribution in [-0.4, -0.2) is 25.0 Å². The van der Waals surface area contributed by atoms with Crippen LogP contribution in [0.25, 0.3) is 0 Å². The van der Waals surface area contributed by atoms with E-state index in [4.69, 9.17) is 9.47 Å². The molecule has 0 radical (unpaired) electrons. The normalized spacial score (nSPS) is 12.3. The molecule has 3 nitrogen and oxygen atoms in total. The number of ether oxygens (including phenoxy) is 2. The molecule has 0 aliphatic heterocycles. The average molecular weight is 315 g/mol. The lowest BCUT2D eigenvalue weighted by molar-refractivity contribution is 0.0595. The lowest BCUT2D eigenvalue weighted by Crippen LogP contribution is -2.20. The van der Waals surface area contributed by atoms with Crippen molar-refractivity contribution in [1.82, 2.24) is 0 Å². The van der Waals surface area contributed by atoms with Gasteiger partial charge in [0.1, 0.15) is 11.3 Å². The molecule has 1 atom stereocenters. The minimum absolute atomic E-state index is 0.370. The third kappa shape index (κ3) is 4.02. The highest BCUT2D eigenvalue weighted by molar-refractivity contribution is 9.09. The number of para-hydroxylation sites is 1. The lowest BCUT2D eigenvalue weighted by atomic mass is 9.99. The van der Waals surface area contributed by atoms with Crippen LogP contribution in [0.15, 0.2) is 24.3 Å². The monoisotopic (exact) mass is 314 g/mol. The van der Waals surface area contributed by atoms with Gasteiger partial charge in [-0.05, 0) is 18.1 Å². The molecule has 4 heteroatoms. The lowest BCUT2D eigenvalue weighted by Gasteiger charge is -2.19. The van der Waals surface area contributed by atoms with Crippen LogP contribution in [0.2, 0.25) is 0 Å². The maximum Gasteiger partial charge on any atom is 0.341 e. The maximum atomic E-state index is 11.6. The van der Waals surface area contributed by atoms with Crippen molar-refractivity contribution >= 4 is 21.9 Å². The Morgan fingerprint density at radius 1 is 1.33 bits per heavy atom. The number of methoxy groups -OCH3 is 1. The first-order chi connectivity index (χ1) is 8.60. The molecule has 0 aromatic heterocycles. The molecule has 1 unspecified atom stereocenters. The number of esters is 1. The summed E-state index contributed by atoms with van der Waals surface area (Å²) in [5.74, 6) is 1.15. The Morgan fingerprint density at radius 2 is 2.00 bits per heavy atom. The number of carbonyl (C=O) groups is 1. The highest BCUT2D eigenvalue weighted by Gasteiger charge is 2.16. The topological polar surface area (TPSA) is 35.5 Å². The molecule has 1 aromatic carbocycles.